The van der Waals surface area contributed by atoms with Gasteiger partial charge in [-0.05, 0) is 32.0 Å². The number of hydrogen-bond donors (Lipinski definition) is 1. The molecule has 0 bridgehead atoms. The fraction of sp³-hybridized carbons (Fsp3) is 0.214. The number of amides is 1. The van der Waals surface area contributed by atoms with E-state index in [0.717, 1.165) is 9.69 Å². The van der Waals surface area contributed by atoms with Gasteiger partial charge in [0.25, 0.3) is 11.5 Å². The van der Waals surface area contributed by atoms with E-state index < -0.39 is 11.9 Å². The number of nitrogens with zero attached hydrogens (tertiary/aromatic N) is 4. The number of anilines is 1. The Bertz CT molecular complexity index is 884. The van der Waals surface area contributed by atoms with E-state index in [1.165, 1.54) is 23.7 Å². The lowest BCUT2D eigenvalue weighted by molar-refractivity contribution is -0.119. The van der Waals surface area contributed by atoms with Crippen LogP contribution in [0.3, 0.4) is 0 Å². The summed E-state index contributed by atoms with van der Waals surface area (Å²) in [6.07, 6.45) is 1.51. The quantitative estimate of drug-likeness (QED) is 0.783. The van der Waals surface area contributed by atoms with Crippen molar-refractivity contribution in [1.29, 1.82) is 0 Å². The highest BCUT2D eigenvalue weighted by molar-refractivity contribution is 7.15. The van der Waals surface area contributed by atoms with E-state index in [1.54, 1.807) is 32.0 Å². The number of aryl methyl sites for hydroxylation is 1. The molecule has 0 saturated heterocycles. The summed E-state index contributed by atoms with van der Waals surface area (Å²) < 4.78 is 6.37. The number of hydrogen-bond acceptors (Lipinski definition) is 7. The summed E-state index contributed by atoms with van der Waals surface area (Å²) in [7, 11) is 0. The van der Waals surface area contributed by atoms with Crippen LogP contribution in [-0.4, -0.2) is 25.9 Å². The molecule has 1 N–H and O–H groups in total. The van der Waals surface area contributed by atoms with E-state index in [0.29, 0.717) is 16.6 Å². The van der Waals surface area contributed by atoms with Gasteiger partial charge < -0.3 is 4.42 Å². The molecule has 3 aromatic rings. The van der Waals surface area contributed by atoms with E-state index >= 15 is 0 Å². The maximum atomic E-state index is 12.3. The molecule has 23 heavy (non-hydrogen) atoms. The normalized spacial score (nSPS) is 12.1. The molecule has 8 nitrogen and oxygen atoms in total. The summed E-state index contributed by atoms with van der Waals surface area (Å²) in [5, 5.41) is 15.6. The summed E-state index contributed by atoms with van der Waals surface area (Å²) in [6, 6.07) is 5.55. The van der Waals surface area contributed by atoms with Gasteiger partial charge in [-0.15, -0.1) is 10.2 Å². The Hall–Kier alpha value is -2.81. The second-order valence-corrected chi connectivity index (χ2v) is 5.95. The lowest BCUT2D eigenvalue weighted by atomic mass is 10.3. The molecule has 0 aliphatic heterocycles. The molecule has 0 spiro atoms. The summed E-state index contributed by atoms with van der Waals surface area (Å²) >= 11 is 1.26. The molecule has 3 aromatic heterocycles. The van der Waals surface area contributed by atoms with E-state index in [9.17, 15) is 9.59 Å². The minimum atomic E-state index is -0.804. The van der Waals surface area contributed by atoms with Gasteiger partial charge in [0, 0.05) is 6.07 Å². The molecule has 3 rings (SSSR count). The fourth-order valence-corrected chi connectivity index (χ4v) is 2.52. The molecule has 0 fully saturated rings. The predicted molar refractivity (Wildman–Crippen MR) is 84.2 cm³/mol. The maximum Gasteiger partial charge on any atom is 0.267 e. The lowest BCUT2D eigenvalue weighted by Gasteiger charge is -2.13. The van der Waals surface area contributed by atoms with Crippen molar-refractivity contribution in [2.24, 2.45) is 0 Å². The van der Waals surface area contributed by atoms with Crippen LogP contribution in [0, 0.1) is 6.92 Å². The zero-order chi connectivity index (χ0) is 16.4. The van der Waals surface area contributed by atoms with Gasteiger partial charge in [-0.2, -0.15) is 5.10 Å². The van der Waals surface area contributed by atoms with E-state index in [4.69, 9.17) is 4.42 Å². The van der Waals surface area contributed by atoms with Crippen molar-refractivity contribution in [2.45, 2.75) is 19.9 Å². The summed E-state index contributed by atoms with van der Waals surface area (Å²) in [5.41, 5.74) is 0.0948. The summed E-state index contributed by atoms with van der Waals surface area (Å²) in [5.74, 6) is 0.124. The van der Waals surface area contributed by atoms with Gasteiger partial charge in [-0.25, -0.2) is 4.68 Å². The third-order valence-electron chi connectivity index (χ3n) is 3.10. The maximum absolute atomic E-state index is 12.3. The van der Waals surface area contributed by atoms with Gasteiger partial charge in [0.15, 0.2) is 5.76 Å². The Morgan fingerprint density at radius 2 is 2.17 bits per heavy atom. The number of nitrogens with one attached hydrogen (secondary N) is 1. The third kappa shape index (κ3) is 3.19. The van der Waals surface area contributed by atoms with E-state index in [1.807, 2.05) is 0 Å². The minimum Gasteiger partial charge on any atom is -0.463 e. The Morgan fingerprint density at radius 3 is 2.83 bits per heavy atom. The van der Waals surface area contributed by atoms with E-state index in [2.05, 4.69) is 20.6 Å². The fourth-order valence-electron chi connectivity index (χ4n) is 1.93. The molecule has 9 heteroatoms. The van der Waals surface area contributed by atoms with E-state index in [-0.39, 0.29) is 5.56 Å². The van der Waals surface area contributed by atoms with Crippen molar-refractivity contribution in [3.05, 3.63) is 45.9 Å². The van der Waals surface area contributed by atoms with Crippen molar-refractivity contribution in [3.63, 3.8) is 0 Å². The van der Waals surface area contributed by atoms with Crippen LogP contribution in [0.2, 0.25) is 0 Å². The highest BCUT2D eigenvalue weighted by atomic mass is 32.1. The van der Waals surface area contributed by atoms with Crippen molar-refractivity contribution < 1.29 is 9.21 Å². The number of rotatable bonds is 4. The summed E-state index contributed by atoms with van der Waals surface area (Å²) in [4.78, 5) is 24.3. The second kappa shape index (κ2) is 6.13. The molecule has 0 aromatic carbocycles. The highest BCUT2D eigenvalue weighted by Crippen LogP contribution is 2.18. The first-order valence-corrected chi connectivity index (χ1v) is 7.61. The van der Waals surface area contributed by atoms with Gasteiger partial charge in [0.2, 0.25) is 5.13 Å². The van der Waals surface area contributed by atoms with Crippen LogP contribution >= 0.6 is 11.3 Å². The Morgan fingerprint density at radius 1 is 1.35 bits per heavy atom. The first kappa shape index (κ1) is 15.1. The lowest BCUT2D eigenvalue weighted by Crippen LogP contribution is -2.33. The number of carbonyl (C=O) groups excluding carboxylic acids is 1. The molecule has 0 radical (unpaired) electrons. The van der Waals surface area contributed by atoms with Gasteiger partial charge >= 0.3 is 0 Å². The van der Waals surface area contributed by atoms with Gasteiger partial charge in [0.05, 0.1) is 6.26 Å². The molecule has 3 heterocycles. The smallest absolute Gasteiger partial charge is 0.267 e. The topological polar surface area (TPSA) is 103 Å². The molecular formula is C14H13N5O3S. The van der Waals surface area contributed by atoms with Crippen LogP contribution in [0.4, 0.5) is 5.13 Å². The SMILES string of the molecule is Cc1nnc(NC(=O)C(C)n2nc(-c3ccco3)ccc2=O)s1. The zero-order valence-electron chi connectivity index (χ0n) is 12.4. The van der Waals surface area contributed by atoms with Crippen LogP contribution in [-0.2, 0) is 4.79 Å². The van der Waals surface area contributed by atoms with Crippen molar-refractivity contribution in [1.82, 2.24) is 20.0 Å². The second-order valence-electron chi connectivity index (χ2n) is 4.77. The van der Waals surface area contributed by atoms with Crippen molar-refractivity contribution in [3.8, 4) is 11.5 Å². The molecule has 0 aliphatic rings. The Balaban J connectivity index is 1.86. The summed E-state index contributed by atoms with van der Waals surface area (Å²) in [6.45, 7) is 3.37. The first-order chi connectivity index (χ1) is 11.0. The van der Waals surface area contributed by atoms with Crippen molar-refractivity contribution in [2.75, 3.05) is 5.32 Å². The molecule has 1 atom stereocenters. The molecule has 1 unspecified atom stereocenters. The predicted octanol–water partition coefficient (Wildman–Crippen LogP) is 1.86. The largest absolute Gasteiger partial charge is 0.463 e. The highest BCUT2D eigenvalue weighted by Gasteiger charge is 2.19. The average molecular weight is 331 g/mol. The van der Waals surface area contributed by atoms with Crippen LogP contribution < -0.4 is 10.9 Å². The van der Waals surface area contributed by atoms with Crippen LogP contribution in [0.1, 0.15) is 18.0 Å². The molecule has 1 amide bonds. The van der Waals surface area contributed by atoms with Crippen LogP contribution in [0.25, 0.3) is 11.5 Å². The Kier molecular flexibility index (Phi) is 4.02. The van der Waals surface area contributed by atoms with Crippen molar-refractivity contribution >= 4 is 22.4 Å². The monoisotopic (exact) mass is 331 g/mol. The molecule has 0 aliphatic carbocycles. The number of furan rings is 1. The zero-order valence-corrected chi connectivity index (χ0v) is 13.2. The molecular weight excluding hydrogens is 318 g/mol. The van der Waals surface area contributed by atoms with Gasteiger partial charge in [0.1, 0.15) is 16.7 Å². The molecule has 0 saturated carbocycles. The van der Waals surface area contributed by atoms with Crippen LogP contribution in [0.15, 0.2) is 39.7 Å². The van der Waals surface area contributed by atoms with Gasteiger partial charge in [-0.1, -0.05) is 11.3 Å². The molecule has 118 valence electrons. The van der Waals surface area contributed by atoms with Gasteiger partial charge in [-0.3, -0.25) is 14.9 Å². The van der Waals surface area contributed by atoms with Crippen LogP contribution in [0.5, 0.6) is 0 Å². The minimum absolute atomic E-state index is 0.378. The standard InChI is InChI=1S/C14H13N5O3S/c1-8(13(21)15-14-17-16-9(2)23-14)19-12(20)6-5-10(18-19)11-4-3-7-22-11/h3-8H,1-2H3,(H,15,17,21). The third-order valence-corrected chi connectivity index (χ3v) is 3.86. The number of carbonyl (C=O) groups is 1. The average Bonchev–Trinajstić information content (AvgIpc) is 3.19. The number of aromatic nitrogens is 4. The Labute approximate surface area is 134 Å². The first-order valence-electron chi connectivity index (χ1n) is 6.79.